The fourth-order valence-corrected chi connectivity index (χ4v) is 4.11. The maximum Gasteiger partial charge on any atom is 0.330 e. The summed E-state index contributed by atoms with van der Waals surface area (Å²) in [5, 5.41) is 3.33. The summed E-state index contributed by atoms with van der Waals surface area (Å²) >= 11 is 0. The molecule has 0 aliphatic heterocycles. The summed E-state index contributed by atoms with van der Waals surface area (Å²) in [6, 6.07) is 1.91. The molecule has 28 heavy (non-hydrogen) atoms. The summed E-state index contributed by atoms with van der Waals surface area (Å²) < 4.78 is 1.50. The van der Waals surface area contributed by atoms with Gasteiger partial charge in [-0.3, -0.25) is 19.1 Å². The predicted octanol–water partition coefficient (Wildman–Crippen LogP) is 2.68. The van der Waals surface area contributed by atoms with Crippen molar-refractivity contribution in [2.45, 2.75) is 77.3 Å². The van der Waals surface area contributed by atoms with Gasteiger partial charge in [0.15, 0.2) is 5.65 Å². The predicted molar refractivity (Wildman–Crippen MR) is 108 cm³/mol. The van der Waals surface area contributed by atoms with Crippen LogP contribution in [0, 0.1) is 5.92 Å². The van der Waals surface area contributed by atoms with Crippen LogP contribution in [0.1, 0.15) is 80.8 Å². The van der Waals surface area contributed by atoms with E-state index >= 15 is 0 Å². The molecule has 0 radical (unpaired) electrons. The van der Waals surface area contributed by atoms with Gasteiger partial charge >= 0.3 is 5.69 Å². The van der Waals surface area contributed by atoms with Crippen molar-refractivity contribution in [2.75, 3.05) is 0 Å². The lowest BCUT2D eigenvalue weighted by Crippen LogP contribution is -2.38. The SMILES string of the molecule is CC(C)Cn1c(=O)[nH]c(=O)c2c(C(=O)NC3CCCCC3)cc(C3CC3)nc21. The molecule has 0 saturated heterocycles. The van der Waals surface area contributed by atoms with Crippen molar-refractivity contribution in [3.8, 4) is 0 Å². The molecule has 2 fully saturated rings. The first kappa shape index (κ1) is 18.9. The number of fused-ring (bicyclic) bond motifs is 1. The van der Waals surface area contributed by atoms with Gasteiger partial charge in [-0.05, 0) is 37.7 Å². The van der Waals surface area contributed by atoms with Crippen LogP contribution in [0.25, 0.3) is 11.0 Å². The van der Waals surface area contributed by atoms with Gasteiger partial charge in [0.25, 0.3) is 11.5 Å². The number of hydrogen-bond acceptors (Lipinski definition) is 4. The molecule has 2 aromatic heterocycles. The number of nitrogens with one attached hydrogen (secondary N) is 2. The summed E-state index contributed by atoms with van der Waals surface area (Å²) in [6.45, 7) is 4.45. The Morgan fingerprint density at radius 1 is 1.21 bits per heavy atom. The zero-order valence-electron chi connectivity index (χ0n) is 16.6. The first-order chi connectivity index (χ1) is 13.4. The molecule has 0 spiro atoms. The summed E-state index contributed by atoms with van der Waals surface area (Å²) in [4.78, 5) is 45.3. The highest BCUT2D eigenvalue weighted by Crippen LogP contribution is 2.40. The van der Waals surface area contributed by atoms with Crippen LogP contribution in [-0.4, -0.2) is 26.5 Å². The van der Waals surface area contributed by atoms with Crippen molar-refractivity contribution in [3.05, 3.63) is 38.2 Å². The van der Waals surface area contributed by atoms with Gasteiger partial charge in [0, 0.05) is 24.2 Å². The van der Waals surface area contributed by atoms with Crippen molar-refractivity contribution >= 4 is 16.9 Å². The van der Waals surface area contributed by atoms with Gasteiger partial charge in [-0.25, -0.2) is 9.78 Å². The third kappa shape index (κ3) is 3.75. The molecule has 2 aromatic rings. The largest absolute Gasteiger partial charge is 0.349 e. The number of rotatable bonds is 5. The van der Waals surface area contributed by atoms with Crippen molar-refractivity contribution < 1.29 is 4.79 Å². The Hall–Kier alpha value is -2.44. The van der Waals surface area contributed by atoms with E-state index in [4.69, 9.17) is 0 Å². The summed E-state index contributed by atoms with van der Waals surface area (Å²) in [6.07, 6.45) is 7.43. The molecule has 0 atom stereocenters. The molecular weight excluding hydrogens is 356 g/mol. The van der Waals surface area contributed by atoms with Gasteiger partial charge in [0.2, 0.25) is 0 Å². The maximum absolute atomic E-state index is 13.1. The number of nitrogens with zero attached hydrogens (tertiary/aromatic N) is 2. The van der Waals surface area contributed by atoms with Crippen molar-refractivity contribution in [3.63, 3.8) is 0 Å². The Balaban J connectivity index is 1.85. The van der Waals surface area contributed by atoms with Gasteiger partial charge in [-0.15, -0.1) is 0 Å². The minimum absolute atomic E-state index is 0.148. The first-order valence-electron chi connectivity index (χ1n) is 10.4. The molecule has 2 heterocycles. The van der Waals surface area contributed by atoms with Crippen LogP contribution in [0.5, 0.6) is 0 Å². The van der Waals surface area contributed by atoms with E-state index in [1.54, 1.807) is 6.07 Å². The Kier molecular flexibility index (Phi) is 5.08. The normalized spacial score (nSPS) is 18.0. The quantitative estimate of drug-likeness (QED) is 0.828. The van der Waals surface area contributed by atoms with E-state index < -0.39 is 11.2 Å². The van der Waals surface area contributed by atoms with Crippen LogP contribution in [0.2, 0.25) is 0 Å². The highest BCUT2D eigenvalue weighted by molar-refractivity contribution is 6.05. The highest BCUT2D eigenvalue weighted by atomic mass is 16.2. The zero-order chi connectivity index (χ0) is 19.8. The number of aromatic amines is 1. The van der Waals surface area contributed by atoms with Gasteiger partial charge < -0.3 is 5.32 Å². The van der Waals surface area contributed by atoms with E-state index in [-0.39, 0.29) is 23.3 Å². The second-order valence-electron chi connectivity index (χ2n) is 8.64. The molecule has 7 nitrogen and oxygen atoms in total. The van der Waals surface area contributed by atoms with E-state index in [0.29, 0.717) is 23.7 Å². The van der Waals surface area contributed by atoms with Gasteiger partial charge in [0.05, 0.1) is 10.9 Å². The number of hydrogen-bond donors (Lipinski definition) is 2. The monoisotopic (exact) mass is 384 g/mol. The number of H-pyrrole nitrogens is 1. The Morgan fingerprint density at radius 3 is 2.57 bits per heavy atom. The summed E-state index contributed by atoms with van der Waals surface area (Å²) in [5.74, 6) is 0.284. The third-order valence-electron chi connectivity index (χ3n) is 5.70. The molecule has 1 amide bonds. The van der Waals surface area contributed by atoms with Gasteiger partial charge in [-0.2, -0.15) is 0 Å². The molecule has 0 aromatic carbocycles. The van der Waals surface area contributed by atoms with Crippen LogP contribution < -0.4 is 16.6 Å². The van der Waals surface area contributed by atoms with Crippen LogP contribution in [0.3, 0.4) is 0 Å². The van der Waals surface area contributed by atoms with E-state index in [2.05, 4.69) is 15.3 Å². The lowest BCUT2D eigenvalue weighted by Gasteiger charge is -2.23. The lowest BCUT2D eigenvalue weighted by atomic mass is 9.95. The maximum atomic E-state index is 13.1. The summed E-state index contributed by atoms with van der Waals surface area (Å²) in [7, 11) is 0. The van der Waals surface area contributed by atoms with Crippen molar-refractivity contribution in [2.24, 2.45) is 5.92 Å². The van der Waals surface area contributed by atoms with E-state index in [9.17, 15) is 14.4 Å². The molecular formula is C21H28N4O3. The molecule has 2 aliphatic carbocycles. The number of carbonyl (C=O) groups is 1. The molecule has 0 bridgehead atoms. The van der Waals surface area contributed by atoms with Crippen LogP contribution in [0.15, 0.2) is 15.7 Å². The topological polar surface area (TPSA) is 96.9 Å². The molecule has 2 saturated carbocycles. The Bertz CT molecular complexity index is 1010. The van der Waals surface area contributed by atoms with Gasteiger partial charge in [0.1, 0.15) is 0 Å². The lowest BCUT2D eigenvalue weighted by molar-refractivity contribution is 0.0929. The molecule has 0 unspecified atom stereocenters. The number of amides is 1. The fraction of sp³-hybridized carbons (Fsp3) is 0.619. The number of aromatic nitrogens is 3. The average molecular weight is 384 g/mol. The third-order valence-corrected chi connectivity index (χ3v) is 5.70. The van der Waals surface area contributed by atoms with Crippen molar-refractivity contribution in [1.82, 2.24) is 19.9 Å². The average Bonchev–Trinajstić information content (AvgIpc) is 3.50. The smallest absolute Gasteiger partial charge is 0.330 e. The van der Waals surface area contributed by atoms with E-state index in [1.165, 1.54) is 11.0 Å². The second kappa shape index (κ2) is 7.53. The standard InChI is InChI=1S/C21H28N4O3/c1-12(2)11-25-18-17(20(27)24-21(25)28)15(10-16(23-18)13-8-9-13)19(26)22-14-6-4-3-5-7-14/h10,12-14H,3-9,11H2,1-2H3,(H,22,26)(H,24,27,28). The molecule has 4 rings (SSSR count). The van der Waals surface area contributed by atoms with Gasteiger partial charge in [-0.1, -0.05) is 33.1 Å². The fourth-order valence-electron chi connectivity index (χ4n) is 4.11. The Morgan fingerprint density at radius 2 is 1.93 bits per heavy atom. The van der Waals surface area contributed by atoms with E-state index in [1.807, 2.05) is 13.8 Å². The zero-order valence-corrected chi connectivity index (χ0v) is 16.6. The number of pyridine rings is 1. The molecule has 150 valence electrons. The van der Waals surface area contributed by atoms with Crippen molar-refractivity contribution in [1.29, 1.82) is 0 Å². The molecule has 2 N–H and O–H groups in total. The van der Waals surface area contributed by atoms with Crippen LogP contribution in [-0.2, 0) is 6.54 Å². The number of carbonyl (C=O) groups excluding carboxylic acids is 1. The second-order valence-corrected chi connectivity index (χ2v) is 8.64. The van der Waals surface area contributed by atoms with E-state index in [0.717, 1.165) is 44.2 Å². The molecule has 7 heteroatoms. The Labute approximate surface area is 163 Å². The minimum Gasteiger partial charge on any atom is -0.349 e. The first-order valence-corrected chi connectivity index (χ1v) is 10.4. The minimum atomic E-state index is -0.538. The van der Waals surface area contributed by atoms with Crippen LogP contribution in [0.4, 0.5) is 0 Å². The van der Waals surface area contributed by atoms with Crippen LogP contribution >= 0.6 is 0 Å². The summed E-state index contributed by atoms with van der Waals surface area (Å²) in [5.41, 5.74) is 0.481. The molecule has 2 aliphatic rings. The highest BCUT2D eigenvalue weighted by Gasteiger charge is 2.29.